The quantitative estimate of drug-likeness (QED) is 0.565. The highest BCUT2D eigenvalue weighted by molar-refractivity contribution is 6.33. The molecule has 3 rings (SSSR count). The second kappa shape index (κ2) is 9.61. The summed E-state index contributed by atoms with van der Waals surface area (Å²) in [6.07, 6.45) is 3.68. The minimum Gasteiger partial charge on any atom is -0.495 e. The zero-order valence-corrected chi connectivity index (χ0v) is 18.4. The predicted octanol–water partition coefficient (Wildman–Crippen LogP) is 2.40. The Morgan fingerprint density at radius 2 is 2.03 bits per heavy atom. The maximum absolute atomic E-state index is 12.5. The van der Waals surface area contributed by atoms with Gasteiger partial charge < -0.3 is 14.8 Å². The first-order valence-electron chi connectivity index (χ1n) is 9.50. The first-order valence-corrected chi connectivity index (χ1v) is 9.88. The normalized spacial score (nSPS) is 11.8. The minimum atomic E-state index is -0.549. The molecule has 0 spiro atoms. The molecule has 31 heavy (non-hydrogen) atoms. The number of hydrogen-bond donors (Lipinski definition) is 1. The Kier molecular flexibility index (Phi) is 6.91. The first kappa shape index (κ1) is 22.3. The van der Waals surface area contributed by atoms with Crippen molar-refractivity contribution in [3.63, 3.8) is 0 Å². The van der Waals surface area contributed by atoms with Crippen molar-refractivity contribution in [2.45, 2.75) is 19.3 Å². The largest absolute Gasteiger partial charge is 0.495 e. The number of pyridine rings is 1. The van der Waals surface area contributed by atoms with Gasteiger partial charge in [-0.25, -0.2) is 4.68 Å². The molecule has 0 fully saturated rings. The molecule has 3 aromatic heterocycles. The third kappa shape index (κ3) is 5.21. The van der Waals surface area contributed by atoms with Gasteiger partial charge in [0.25, 0.3) is 11.5 Å². The van der Waals surface area contributed by atoms with Crippen LogP contribution in [0.4, 0.5) is 5.69 Å². The first-order chi connectivity index (χ1) is 14.8. The standard InChI is InChI=1S/C20H23ClN6O4/c1-12(15-6-5-13(30-4)10-22-15)7-8-31-17-9-16(20(29)27(3)25-17)24-19(28)14-11-23-26(2)18(14)21/h5-6,9-12H,7-8H2,1-4H3,(H,24,28)/t12-/m1/s1. The number of nitrogens with zero attached hydrogens (tertiary/aromatic N) is 5. The Hall–Kier alpha value is -3.40. The van der Waals surface area contributed by atoms with Gasteiger partial charge in [0.05, 0.1) is 31.7 Å². The molecule has 1 amide bonds. The van der Waals surface area contributed by atoms with E-state index >= 15 is 0 Å². The molecule has 3 aromatic rings. The van der Waals surface area contributed by atoms with Gasteiger partial charge in [-0.1, -0.05) is 18.5 Å². The second-order valence-corrected chi connectivity index (χ2v) is 7.27. The fourth-order valence-corrected chi connectivity index (χ4v) is 2.98. The summed E-state index contributed by atoms with van der Waals surface area (Å²) in [5.41, 5.74) is 0.629. The smallest absolute Gasteiger partial charge is 0.290 e. The maximum atomic E-state index is 12.5. The fraction of sp³-hybridized carbons (Fsp3) is 0.350. The number of halogens is 1. The summed E-state index contributed by atoms with van der Waals surface area (Å²) in [6, 6.07) is 5.16. The summed E-state index contributed by atoms with van der Waals surface area (Å²) >= 11 is 6.04. The van der Waals surface area contributed by atoms with Crippen molar-refractivity contribution in [3.05, 3.63) is 57.4 Å². The van der Waals surface area contributed by atoms with Gasteiger partial charge in [-0.3, -0.25) is 19.3 Å². The van der Waals surface area contributed by atoms with E-state index in [4.69, 9.17) is 21.1 Å². The summed E-state index contributed by atoms with van der Waals surface area (Å²) in [5, 5.41) is 10.7. The number of amides is 1. The molecule has 164 valence electrons. The maximum Gasteiger partial charge on any atom is 0.290 e. The van der Waals surface area contributed by atoms with Gasteiger partial charge in [0.1, 0.15) is 16.6 Å². The van der Waals surface area contributed by atoms with E-state index in [9.17, 15) is 9.59 Å². The Bertz CT molecular complexity index is 1130. The number of aromatic nitrogens is 5. The molecule has 11 heteroatoms. The van der Waals surface area contributed by atoms with Crippen molar-refractivity contribution < 1.29 is 14.3 Å². The van der Waals surface area contributed by atoms with E-state index in [1.54, 1.807) is 20.4 Å². The lowest BCUT2D eigenvalue weighted by Gasteiger charge is -2.13. The molecule has 0 radical (unpaired) electrons. The fourth-order valence-electron chi connectivity index (χ4n) is 2.80. The van der Waals surface area contributed by atoms with Crippen LogP contribution < -0.4 is 20.3 Å². The van der Waals surface area contributed by atoms with Crippen LogP contribution in [0.2, 0.25) is 5.15 Å². The van der Waals surface area contributed by atoms with Gasteiger partial charge in [-0.15, -0.1) is 5.10 Å². The number of nitrogens with one attached hydrogen (secondary N) is 1. The van der Waals surface area contributed by atoms with Crippen molar-refractivity contribution >= 4 is 23.2 Å². The van der Waals surface area contributed by atoms with E-state index in [1.165, 1.54) is 24.0 Å². The number of ether oxygens (including phenoxy) is 2. The Balaban J connectivity index is 1.65. The third-order valence-electron chi connectivity index (χ3n) is 4.70. The second-order valence-electron chi connectivity index (χ2n) is 6.91. The topological polar surface area (TPSA) is 113 Å². The average Bonchev–Trinajstić information content (AvgIpc) is 3.10. The Labute approximate surface area is 183 Å². The molecule has 0 saturated carbocycles. The summed E-state index contributed by atoms with van der Waals surface area (Å²) in [7, 11) is 4.68. The van der Waals surface area contributed by atoms with Crippen LogP contribution >= 0.6 is 11.6 Å². The van der Waals surface area contributed by atoms with Gasteiger partial charge in [0.15, 0.2) is 0 Å². The molecule has 3 heterocycles. The summed E-state index contributed by atoms with van der Waals surface area (Å²) in [5.74, 6) is 0.505. The van der Waals surface area contributed by atoms with Crippen molar-refractivity contribution in [1.82, 2.24) is 24.5 Å². The lowest BCUT2D eigenvalue weighted by atomic mass is 10.0. The van der Waals surface area contributed by atoms with Crippen LogP contribution in [-0.2, 0) is 14.1 Å². The summed E-state index contributed by atoms with van der Waals surface area (Å²) in [6.45, 7) is 2.39. The van der Waals surface area contributed by atoms with Crippen molar-refractivity contribution in [3.8, 4) is 11.6 Å². The lowest BCUT2D eigenvalue weighted by molar-refractivity contribution is 0.102. The Morgan fingerprint density at radius 3 is 2.65 bits per heavy atom. The van der Waals surface area contributed by atoms with E-state index in [0.29, 0.717) is 18.8 Å². The number of carbonyl (C=O) groups excluding carboxylic acids is 1. The average molecular weight is 447 g/mol. The number of anilines is 1. The van der Waals surface area contributed by atoms with Gasteiger partial charge in [0, 0.05) is 31.8 Å². The van der Waals surface area contributed by atoms with E-state index in [2.05, 4.69) is 20.5 Å². The third-order valence-corrected chi connectivity index (χ3v) is 5.15. The highest BCUT2D eigenvalue weighted by Crippen LogP contribution is 2.20. The lowest BCUT2D eigenvalue weighted by Crippen LogP contribution is -2.26. The van der Waals surface area contributed by atoms with Crippen LogP contribution in [0.3, 0.4) is 0 Å². The molecular formula is C20H23ClN6O4. The molecule has 0 saturated heterocycles. The highest BCUT2D eigenvalue weighted by atomic mass is 35.5. The van der Waals surface area contributed by atoms with Gasteiger partial charge in [-0.2, -0.15) is 5.10 Å². The molecule has 0 bridgehead atoms. The molecular weight excluding hydrogens is 424 g/mol. The van der Waals surface area contributed by atoms with Crippen LogP contribution in [0.25, 0.3) is 0 Å². The zero-order valence-electron chi connectivity index (χ0n) is 17.6. The number of carbonyl (C=O) groups is 1. The van der Waals surface area contributed by atoms with Crippen molar-refractivity contribution in [2.24, 2.45) is 14.1 Å². The Morgan fingerprint density at radius 1 is 1.26 bits per heavy atom. The molecule has 1 N–H and O–H groups in total. The SMILES string of the molecule is COc1ccc([C@H](C)CCOc2cc(NC(=O)c3cnn(C)c3Cl)c(=O)n(C)n2)nc1. The monoisotopic (exact) mass is 446 g/mol. The molecule has 0 unspecified atom stereocenters. The highest BCUT2D eigenvalue weighted by Gasteiger charge is 2.17. The van der Waals surface area contributed by atoms with Gasteiger partial charge in [-0.05, 0) is 18.6 Å². The van der Waals surface area contributed by atoms with Crippen LogP contribution in [0, 0.1) is 0 Å². The summed E-state index contributed by atoms with van der Waals surface area (Å²) < 4.78 is 13.3. The van der Waals surface area contributed by atoms with Crippen LogP contribution in [-0.4, -0.2) is 44.2 Å². The van der Waals surface area contributed by atoms with Crippen molar-refractivity contribution in [2.75, 3.05) is 19.0 Å². The molecule has 0 aliphatic carbocycles. The van der Waals surface area contributed by atoms with E-state index < -0.39 is 11.5 Å². The van der Waals surface area contributed by atoms with E-state index in [-0.39, 0.29) is 28.2 Å². The molecule has 0 aromatic carbocycles. The number of methoxy groups -OCH3 is 1. The predicted molar refractivity (Wildman–Crippen MR) is 115 cm³/mol. The van der Waals surface area contributed by atoms with E-state index in [0.717, 1.165) is 10.4 Å². The van der Waals surface area contributed by atoms with Crippen LogP contribution in [0.15, 0.2) is 35.4 Å². The molecule has 0 aliphatic rings. The van der Waals surface area contributed by atoms with Gasteiger partial charge >= 0.3 is 0 Å². The minimum absolute atomic E-state index is 0.0299. The van der Waals surface area contributed by atoms with Crippen LogP contribution in [0.1, 0.15) is 35.3 Å². The zero-order chi connectivity index (χ0) is 22.5. The molecule has 1 atom stereocenters. The molecule has 0 aliphatic heterocycles. The number of aryl methyl sites for hydroxylation is 2. The van der Waals surface area contributed by atoms with E-state index in [1.807, 2.05) is 19.1 Å². The van der Waals surface area contributed by atoms with Crippen LogP contribution in [0.5, 0.6) is 11.6 Å². The molecule has 10 nitrogen and oxygen atoms in total. The summed E-state index contributed by atoms with van der Waals surface area (Å²) in [4.78, 5) is 29.2. The van der Waals surface area contributed by atoms with Gasteiger partial charge in [0.2, 0.25) is 5.88 Å². The van der Waals surface area contributed by atoms with Crippen molar-refractivity contribution in [1.29, 1.82) is 0 Å². The number of hydrogen-bond acceptors (Lipinski definition) is 7. The number of rotatable bonds is 8.